The van der Waals surface area contributed by atoms with Gasteiger partial charge >= 0.3 is 6.03 Å². The van der Waals surface area contributed by atoms with E-state index in [0.29, 0.717) is 6.54 Å². The molecule has 1 aliphatic rings. The van der Waals surface area contributed by atoms with Crippen LogP contribution in [0.15, 0.2) is 54.7 Å². The smallest absolute Gasteiger partial charge is 0.317 e. The Morgan fingerprint density at radius 3 is 2.46 bits per heavy atom. The molecular weight excluding hydrogens is 300 g/mol. The summed E-state index contributed by atoms with van der Waals surface area (Å²) in [4.78, 5) is 20.8. The lowest BCUT2D eigenvalue weighted by atomic mass is 10.1. The Balaban J connectivity index is 1.37. The zero-order chi connectivity index (χ0) is 16.6. The maximum Gasteiger partial charge on any atom is 0.317 e. The molecule has 2 heterocycles. The largest absolute Gasteiger partial charge is 0.338 e. The molecule has 0 unspecified atom stereocenters. The number of piperazine rings is 1. The van der Waals surface area contributed by atoms with Gasteiger partial charge in [-0.25, -0.2) is 4.79 Å². The molecule has 0 saturated carbocycles. The molecule has 2 amide bonds. The third kappa shape index (κ3) is 4.80. The van der Waals surface area contributed by atoms with Crippen LogP contribution in [0.4, 0.5) is 4.79 Å². The van der Waals surface area contributed by atoms with Crippen LogP contribution in [0.5, 0.6) is 0 Å². The van der Waals surface area contributed by atoms with Crippen LogP contribution in [0.1, 0.15) is 11.3 Å². The molecule has 0 atom stereocenters. The number of urea groups is 1. The second-order valence-electron chi connectivity index (χ2n) is 6.05. The van der Waals surface area contributed by atoms with Gasteiger partial charge in [-0.1, -0.05) is 36.4 Å². The number of hydrogen-bond donors (Lipinski definition) is 1. The number of pyridine rings is 1. The summed E-state index contributed by atoms with van der Waals surface area (Å²) >= 11 is 0. The van der Waals surface area contributed by atoms with Crippen molar-refractivity contribution >= 4 is 6.03 Å². The summed E-state index contributed by atoms with van der Waals surface area (Å²) in [5.74, 6) is 0. The molecule has 0 aliphatic carbocycles. The van der Waals surface area contributed by atoms with E-state index in [-0.39, 0.29) is 6.03 Å². The van der Waals surface area contributed by atoms with Gasteiger partial charge < -0.3 is 10.2 Å². The molecule has 0 radical (unpaired) electrons. The highest BCUT2D eigenvalue weighted by Gasteiger charge is 2.20. The van der Waals surface area contributed by atoms with Gasteiger partial charge in [0.2, 0.25) is 0 Å². The van der Waals surface area contributed by atoms with Crippen molar-refractivity contribution in [1.82, 2.24) is 20.1 Å². The van der Waals surface area contributed by atoms with Crippen LogP contribution in [-0.2, 0) is 13.0 Å². The van der Waals surface area contributed by atoms with Gasteiger partial charge in [0, 0.05) is 45.5 Å². The monoisotopic (exact) mass is 324 g/mol. The third-order valence-electron chi connectivity index (χ3n) is 4.30. The van der Waals surface area contributed by atoms with E-state index in [1.807, 2.05) is 47.5 Å². The summed E-state index contributed by atoms with van der Waals surface area (Å²) < 4.78 is 0. The van der Waals surface area contributed by atoms with E-state index in [4.69, 9.17) is 0 Å². The topological polar surface area (TPSA) is 48.5 Å². The van der Waals surface area contributed by atoms with Crippen LogP contribution in [0.3, 0.4) is 0 Å². The summed E-state index contributed by atoms with van der Waals surface area (Å²) in [7, 11) is 0. The average molecular weight is 324 g/mol. The van der Waals surface area contributed by atoms with Crippen LogP contribution in [0, 0.1) is 0 Å². The average Bonchev–Trinajstić information content (AvgIpc) is 2.64. The lowest BCUT2D eigenvalue weighted by molar-refractivity contribution is 0.134. The molecule has 1 aromatic heterocycles. The fraction of sp³-hybridized carbons (Fsp3) is 0.368. The molecule has 126 valence electrons. The van der Waals surface area contributed by atoms with Crippen molar-refractivity contribution in [1.29, 1.82) is 0 Å². The van der Waals surface area contributed by atoms with Crippen molar-refractivity contribution in [3.63, 3.8) is 0 Å². The SMILES string of the molecule is O=C(NCCc1ccccc1)N1CCN(Cc2ccccn2)CC1. The lowest BCUT2D eigenvalue weighted by Crippen LogP contribution is -2.51. The van der Waals surface area contributed by atoms with Gasteiger partial charge in [-0.3, -0.25) is 9.88 Å². The fourth-order valence-electron chi connectivity index (χ4n) is 2.90. The number of carbonyl (C=O) groups excluding carboxylic acids is 1. The summed E-state index contributed by atoms with van der Waals surface area (Å²) in [6.45, 7) is 4.85. The molecule has 1 aromatic carbocycles. The summed E-state index contributed by atoms with van der Waals surface area (Å²) in [5, 5.41) is 3.02. The van der Waals surface area contributed by atoms with Crippen LogP contribution in [-0.4, -0.2) is 53.5 Å². The van der Waals surface area contributed by atoms with E-state index in [1.54, 1.807) is 0 Å². The van der Waals surface area contributed by atoms with Crippen molar-refractivity contribution in [3.05, 3.63) is 66.0 Å². The Kier molecular flexibility index (Phi) is 5.80. The summed E-state index contributed by atoms with van der Waals surface area (Å²) in [6.07, 6.45) is 2.69. The highest BCUT2D eigenvalue weighted by molar-refractivity contribution is 5.74. The number of rotatable bonds is 5. The molecule has 0 bridgehead atoms. The summed E-state index contributed by atoms with van der Waals surface area (Å²) in [6, 6.07) is 16.3. The minimum Gasteiger partial charge on any atom is -0.338 e. The molecule has 3 rings (SSSR count). The van der Waals surface area contributed by atoms with Crippen LogP contribution >= 0.6 is 0 Å². The first-order chi connectivity index (χ1) is 11.8. The van der Waals surface area contributed by atoms with Crippen LogP contribution in [0.2, 0.25) is 0 Å². The highest BCUT2D eigenvalue weighted by atomic mass is 16.2. The van der Waals surface area contributed by atoms with Gasteiger partial charge in [0.25, 0.3) is 0 Å². The van der Waals surface area contributed by atoms with Crippen molar-refractivity contribution < 1.29 is 4.79 Å². The number of hydrogen-bond acceptors (Lipinski definition) is 3. The molecule has 5 nitrogen and oxygen atoms in total. The Morgan fingerprint density at radius 1 is 1.00 bits per heavy atom. The summed E-state index contributed by atoms with van der Waals surface area (Å²) in [5.41, 5.74) is 2.33. The standard InChI is InChI=1S/C19H24N4O/c24-19(21-11-9-17-6-2-1-3-7-17)23-14-12-22(13-15-23)16-18-8-4-5-10-20-18/h1-8,10H,9,11-16H2,(H,21,24). The predicted octanol–water partition coefficient (Wildman–Crippen LogP) is 2.15. The number of benzene rings is 1. The first kappa shape index (κ1) is 16.5. The van der Waals surface area contributed by atoms with Gasteiger partial charge in [0.05, 0.1) is 5.69 Å². The Hall–Kier alpha value is -2.40. The minimum absolute atomic E-state index is 0.0448. The molecule has 2 aromatic rings. The van der Waals surface area contributed by atoms with E-state index in [9.17, 15) is 4.79 Å². The number of aromatic nitrogens is 1. The lowest BCUT2D eigenvalue weighted by Gasteiger charge is -2.34. The van der Waals surface area contributed by atoms with Gasteiger partial charge in [0.15, 0.2) is 0 Å². The first-order valence-corrected chi connectivity index (χ1v) is 8.50. The number of nitrogens with zero attached hydrogens (tertiary/aromatic N) is 3. The molecule has 1 N–H and O–H groups in total. The zero-order valence-corrected chi connectivity index (χ0v) is 13.9. The zero-order valence-electron chi connectivity index (χ0n) is 13.9. The van der Waals surface area contributed by atoms with Crippen molar-refractivity contribution in [2.75, 3.05) is 32.7 Å². The highest BCUT2D eigenvalue weighted by Crippen LogP contribution is 2.07. The maximum atomic E-state index is 12.2. The second-order valence-corrected chi connectivity index (χ2v) is 6.05. The first-order valence-electron chi connectivity index (χ1n) is 8.50. The van der Waals surface area contributed by atoms with E-state index >= 15 is 0 Å². The second kappa shape index (κ2) is 8.45. The third-order valence-corrected chi connectivity index (χ3v) is 4.30. The fourth-order valence-corrected chi connectivity index (χ4v) is 2.90. The van der Waals surface area contributed by atoms with Gasteiger partial charge in [-0.05, 0) is 24.1 Å². The van der Waals surface area contributed by atoms with E-state index in [2.05, 4.69) is 27.3 Å². The van der Waals surface area contributed by atoms with Crippen molar-refractivity contribution in [3.8, 4) is 0 Å². The maximum absolute atomic E-state index is 12.2. The quantitative estimate of drug-likeness (QED) is 0.917. The van der Waals surface area contributed by atoms with Crippen LogP contribution < -0.4 is 5.32 Å². The van der Waals surface area contributed by atoms with E-state index in [1.165, 1.54) is 5.56 Å². The molecular formula is C19H24N4O. The van der Waals surface area contributed by atoms with Crippen molar-refractivity contribution in [2.24, 2.45) is 0 Å². The number of carbonyl (C=O) groups is 1. The minimum atomic E-state index is 0.0448. The Bertz CT molecular complexity index is 624. The van der Waals surface area contributed by atoms with Gasteiger partial charge in [-0.2, -0.15) is 0 Å². The van der Waals surface area contributed by atoms with E-state index < -0.39 is 0 Å². The Labute approximate surface area is 143 Å². The molecule has 0 spiro atoms. The number of nitrogens with one attached hydrogen (secondary N) is 1. The molecule has 24 heavy (non-hydrogen) atoms. The predicted molar refractivity (Wildman–Crippen MR) is 94.6 cm³/mol. The molecule has 1 aliphatic heterocycles. The molecule has 5 heteroatoms. The van der Waals surface area contributed by atoms with E-state index in [0.717, 1.165) is 44.8 Å². The van der Waals surface area contributed by atoms with Crippen LogP contribution in [0.25, 0.3) is 0 Å². The number of amides is 2. The van der Waals surface area contributed by atoms with Crippen molar-refractivity contribution in [2.45, 2.75) is 13.0 Å². The normalized spacial score (nSPS) is 15.2. The van der Waals surface area contributed by atoms with Gasteiger partial charge in [-0.15, -0.1) is 0 Å². The molecule has 1 saturated heterocycles. The van der Waals surface area contributed by atoms with Gasteiger partial charge in [0.1, 0.15) is 0 Å². The molecule has 1 fully saturated rings. The Morgan fingerprint density at radius 2 is 1.75 bits per heavy atom.